The van der Waals surface area contributed by atoms with Crippen LogP contribution in [0, 0.1) is 12.8 Å². The molecule has 2 N–H and O–H groups in total. The molecule has 9 heteroatoms. The van der Waals surface area contributed by atoms with E-state index in [0.29, 0.717) is 31.6 Å². The van der Waals surface area contributed by atoms with Gasteiger partial charge in [-0.05, 0) is 59.1 Å². The minimum Gasteiger partial charge on any atom is -0.444 e. The van der Waals surface area contributed by atoms with E-state index in [-0.39, 0.29) is 24.3 Å². The Morgan fingerprint density at radius 1 is 1.11 bits per heavy atom. The maximum atomic E-state index is 13.4. The second-order valence-electron chi connectivity index (χ2n) is 9.92. The number of carbonyl (C=O) groups is 3. The van der Waals surface area contributed by atoms with Gasteiger partial charge in [0.15, 0.2) is 0 Å². The van der Waals surface area contributed by atoms with Crippen LogP contribution in [0.15, 0.2) is 30.5 Å². The van der Waals surface area contributed by atoms with Crippen molar-refractivity contribution in [3.05, 3.63) is 47.3 Å². The summed E-state index contributed by atoms with van der Waals surface area (Å²) in [6.07, 6.45) is 3.26. The van der Waals surface area contributed by atoms with Crippen LogP contribution in [0.2, 0.25) is 0 Å². The van der Waals surface area contributed by atoms with E-state index < -0.39 is 11.7 Å². The Bertz CT molecular complexity index is 1040. The third-order valence-corrected chi connectivity index (χ3v) is 5.88. The molecule has 3 rings (SSSR count). The lowest BCUT2D eigenvalue weighted by Crippen LogP contribution is -2.46. The number of aryl methyl sites for hydroxylation is 1. The van der Waals surface area contributed by atoms with Crippen LogP contribution in [0.5, 0.6) is 0 Å². The Hall–Kier alpha value is -3.36. The van der Waals surface area contributed by atoms with Crippen molar-refractivity contribution in [2.24, 2.45) is 5.92 Å². The highest BCUT2D eigenvalue weighted by Gasteiger charge is 2.30. The number of carbonyl (C=O) groups excluding carboxylic acids is 3. The quantitative estimate of drug-likeness (QED) is 0.588. The van der Waals surface area contributed by atoms with Gasteiger partial charge in [-0.25, -0.2) is 9.48 Å². The zero-order valence-corrected chi connectivity index (χ0v) is 21.4. The molecule has 1 aromatic heterocycles. The molecule has 1 aromatic carbocycles. The molecule has 190 valence electrons. The third kappa shape index (κ3) is 7.07. The molecule has 1 atom stereocenters. The molecule has 0 saturated carbocycles. The van der Waals surface area contributed by atoms with Crippen molar-refractivity contribution in [1.82, 2.24) is 25.3 Å². The number of hydrogen-bond acceptors (Lipinski definition) is 5. The summed E-state index contributed by atoms with van der Waals surface area (Å²) in [4.78, 5) is 39.6. The van der Waals surface area contributed by atoms with E-state index in [1.807, 2.05) is 42.8 Å². The molecule has 1 unspecified atom stereocenters. The SMILES string of the molecule is CCc1c(C(=O)N2CCCC(C(=O)NCCNC(=O)OC(C)(C)C)C2)cnn1-c1ccc(C)cc1. The molecule has 3 amide bonds. The van der Waals surface area contributed by atoms with Gasteiger partial charge in [0.1, 0.15) is 5.60 Å². The van der Waals surface area contributed by atoms with E-state index in [1.165, 1.54) is 0 Å². The first-order valence-corrected chi connectivity index (χ1v) is 12.3. The molecule has 1 aliphatic heterocycles. The highest BCUT2D eigenvalue weighted by atomic mass is 16.6. The first-order chi connectivity index (χ1) is 16.6. The first-order valence-electron chi connectivity index (χ1n) is 12.3. The molecule has 1 aliphatic rings. The van der Waals surface area contributed by atoms with Crippen molar-refractivity contribution >= 4 is 17.9 Å². The van der Waals surface area contributed by atoms with Crippen LogP contribution in [-0.2, 0) is 16.0 Å². The molecule has 0 spiro atoms. The summed E-state index contributed by atoms with van der Waals surface area (Å²) in [5.74, 6) is -0.490. The van der Waals surface area contributed by atoms with Gasteiger partial charge in [0.05, 0.1) is 29.1 Å². The summed E-state index contributed by atoms with van der Waals surface area (Å²) < 4.78 is 7.00. The lowest BCUT2D eigenvalue weighted by Gasteiger charge is -2.32. The van der Waals surface area contributed by atoms with Gasteiger partial charge in [0, 0.05) is 26.2 Å². The third-order valence-electron chi connectivity index (χ3n) is 5.88. The largest absolute Gasteiger partial charge is 0.444 e. The number of likely N-dealkylation sites (tertiary alicyclic amines) is 1. The molecule has 2 aromatic rings. The smallest absolute Gasteiger partial charge is 0.407 e. The normalized spacial score (nSPS) is 16.0. The Morgan fingerprint density at radius 2 is 1.80 bits per heavy atom. The lowest BCUT2D eigenvalue weighted by atomic mass is 9.96. The van der Waals surface area contributed by atoms with Gasteiger partial charge < -0.3 is 20.3 Å². The van der Waals surface area contributed by atoms with E-state index in [0.717, 1.165) is 29.8 Å². The fraction of sp³-hybridized carbons (Fsp3) is 0.538. The van der Waals surface area contributed by atoms with Gasteiger partial charge in [0.2, 0.25) is 5.91 Å². The Balaban J connectivity index is 1.57. The highest BCUT2D eigenvalue weighted by Crippen LogP contribution is 2.22. The van der Waals surface area contributed by atoms with Crippen molar-refractivity contribution in [3.63, 3.8) is 0 Å². The summed E-state index contributed by atoms with van der Waals surface area (Å²) >= 11 is 0. The van der Waals surface area contributed by atoms with E-state index >= 15 is 0 Å². The van der Waals surface area contributed by atoms with Crippen molar-refractivity contribution in [2.75, 3.05) is 26.2 Å². The lowest BCUT2D eigenvalue weighted by molar-refractivity contribution is -0.126. The summed E-state index contributed by atoms with van der Waals surface area (Å²) in [6.45, 7) is 11.0. The fourth-order valence-corrected chi connectivity index (χ4v) is 4.16. The first kappa shape index (κ1) is 26.2. The molecular weight excluding hydrogens is 446 g/mol. The number of alkyl carbamates (subject to hydrolysis) is 1. The van der Waals surface area contributed by atoms with Crippen LogP contribution in [0.25, 0.3) is 5.69 Å². The van der Waals surface area contributed by atoms with E-state index in [4.69, 9.17) is 4.74 Å². The number of nitrogens with zero attached hydrogens (tertiary/aromatic N) is 3. The van der Waals surface area contributed by atoms with Crippen molar-refractivity contribution in [2.45, 2.75) is 59.5 Å². The molecule has 1 saturated heterocycles. The molecule has 35 heavy (non-hydrogen) atoms. The Morgan fingerprint density at radius 3 is 2.46 bits per heavy atom. The fourth-order valence-electron chi connectivity index (χ4n) is 4.16. The van der Waals surface area contributed by atoms with Crippen LogP contribution in [0.1, 0.15) is 62.2 Å². The Labute approximate surface area is 207 Å². The van der Waals surface area contributed by atoms with E-state index in [9.17, 15) is 14.4 Å². The summed E-state index contributed by atoms with van der Waals surface area (Å²) in [6, 6.07) is 8.03. The predicted molar refractivity (Wildman–Crippen MR) is 134 cm³/mol. The summed E-state index contributed by atoms with van der Waals surface area (Å²) in [5.41, 5.74) is 2.95. The summed E-state index contributed by atoms with van der Waals surface area (Å²) in [7, 11) is 0. The number of aromatic nitrogens is 2. The number of hydrogen-bond donors (Lipinski definition) is 2. The van der Waals surface area contributed by atoms with Crippen LogP contribution in [-0.4, -0.2) is 64.4 Å². The highest BCUT2D eigenvalue weighted by molar-refractivity contribution is 5.95. The minimum atomic E-state index is -0.570. The second kappa shape index (κ2) is 11.4. The maximum absolute atomic E-state index is 13.4. The molecule has 2 heterocycles. The van der Waals surface area contributed by atoms with Crippen LogP contribution in [0.4, 0.5) is 4.79 Å². The van der Waals surface area contributed by atoms with Gasteiger partial charge >= 0.3 is 6.09 Å². The second-order valence-corrected chi connectivity index (χ2v) is 9.92. The van der Waals surface area contributed by atoms with Crippen molar-refractivity contribution in [1.29, 1.82) is 0 Å². The maximum Gasteiger partial charge on any atom is 0.407 e. The number of rotatable bonds is 7. The average molecular weight is 484 g/mol. The monoisotopic (exact) mass is 483 g/mol. The number of ether oxygens (including phenoxy) is 1. The van der Waals surface area contributed by atoms with Crippen LogP contribution >= 0.6 is 0 Å². The molecular formula is C26H37N5O4. The van der Waals surface area contributed by atoms with E-state index in [1.54, 1.807) is 31.9 Å². The topological polar surface area (TPSA) is 106 Å². The molecule has 0 radical (unpaired) electrons. The molecule has 1 fully saturated rings. The number of benzene rings is 1. The number of nitrogens with one attached hydrogen (secondary N) is 2. The standard InChI is InChI=1S/C26H37N5O4/c1-6-22-21(16-29-31(22)20-11-9-18(2)10-12-20)24(33)30-15-7-8-19(17-30)23(32)27-13-14-28-25(34)35-26(3,4)5/h9-12,16,19H,6-8,13-15,17H2,1-5H3,(H,27,32)(H,28,34). The van der Waals surface area contributed by atoms with Crippen molar-refractivity contribution < 1.29 is 19.1 Å². The van der Waals surface area contributed by atoms with Gasteiger partial charge in [-0.3, -0.25) is 9.59 Å². The van der Waals surface area contributed by atoms with Crippen LogP contribution in [0.3, 0.4) is 0 Å². The molecule has 0 bridgehead atoms. The number of amides is 3. The Kier molecular flexibility index (Phi) is 8.53. The van der Waals surface area contributed by atoms with Gasteiger partial charge in [-0.15, -0.1) is 0 Å². The number of piperidine rings is 1. The van der Waals surface area contributed by atoms with E-state index in [2.05, 4.69) is 15.7 Å². The van der Waals surface area contributed by atoms with Gasteiger partial charge in [0.25, 0.3) is 5.91 Å². The summed E-state index contributed by atoms with van der Waals surface area (Å²) in [5, 5.41) is 9.97. The average Bonchev–Trinajstić information content (AvgIpc) is 3.24. The van der Waals surface area contributed by atoms with Gasteiger partial charge in [-0.1, -0.05) is 24.6 Å². The zero-order chi connectivity index (χ0) is 25.6. The zero-order valence-electron chi connectivity index (χ0n) is 21.4. The van der Waals surface area contributed by atoms with Crippen molar-refractivity contribution in [3.8, 4) is 5.69 Å². The predicted octanol–water partition coefficient (Wildman–Crippen LogP) is 3.24. The van der Waals surface area contributed by atoms with Gasteiger partial charge in [-0.2, -0.15) is 5.10 Å². The minimum absolute atomic E-state index is 0.0932. The molecule has 9 nitrogen and oxygen atoms in total. The molecule has 0 aliphatic carbocycles. The van der Waals surface area contributed by atoms with Crippen LogP contribution < -0.4 is 10.6 Å².